The van der Waals surface area contributed by atoms with Crippen molar-refractivity contribution in [3.63, 3.8) is 0 Å². The van der Waals surface area contributed by atoms with Crippen molar-refractivity contribution in [3.8, 4) is 0 Å². The van der Waals surface area contributed by atoms with Gasteiger partial charge in [-0.3, -0.25) is 4.79 Å². The molecule has 1 aliphatic rings. The van der Waals surface area contributed by atoms with E-state index in [0.29, 0.717) is 13.0 Å². The Hall–Kier alpha value is -0.760. The fourth-order valence-electron chi connectivity index (χ4n) is 1.40. The van der Waals surface area contributed by atoms with Gasteiger partial charge in [-0.15, -0.1) is 0 Å². The number of rotatable bonds is 4. The number of aliphatic hydroxyl groups is 3. The summed E-state index contributed by atoms with van der Waals surface area (Å²) in [6.45, 7) is -0.952. The van der Waals surface area contributed by atoms with E-state index in [0.717, 1.165) is 12.8 Å². The summed E-state index contributed by atoms with van der Waals surface area (Å²) in [6, 6.07) is 0. The Balaban J connectivity index is 2.48. The smallest absolute Gasteiger partial charge is 0.276 e. The normalized spacial score (nSPS) is 23.9. The van der Waals surface area contributed by atoms with E-state index in [1.165, 1.54) is 0 Å². The van der Waals surface area contributed by atoms with Gasteiger partial charge in [-0.2, -0.15) is 0 Å². The van der Waals surface area contributed by atoms with Crippen molar-refractivity contribution < 1.29 is 29.2 Å². The predicted octanol–water partition coefficient (Wildman–Crippen LogP) is -1.36. The molecule has 1 amide bonds. The molecule has 0 aromatic heterocycles. The van der Waals surface area contributed by atoms with Gasteiger partial charge in [-0.05, 0) is 19.3 Å². The topological polar surface area (TPSA) is 99.0 Å². The average molecular weight is 237 g/mol. The Bertz CT molecular complexity index is 242. The highest BCUT2D eigenvalue weighted by atomic mass is 19.1. The summed E-state index contributed by atoms with van der Waals surface area (Å²) < 4.78 is 17.1. The van der Waals surface area contributed by atoms with Gasteiger partial charge >= 0.3 is 0 Å². The van der Waals surface area contributed by atoms with E-state index in [4.69, 9.17) is 20.1 Å². The first-order valence-electron chi connectivity index (χ1n) is 5.10. The van der Waals surface area contributed by atoms with Crippen LogP contribution in [-0.2, 0) is 9.53 Å². The van der Waals surface area contributed by atoms with Gasteiger partial charge in [0.15, 0.2) is 6.10 Å². The summed E-state index contributed by atoms with van der Waals surface area (Å²) in [5.74, 6) is -3.73. The van der Waals surface area contributed by atoms with Crippen LogP contribution in [0.1, 0.15) is 19.3 Å². The molecule has 0 radical (unpaired) electrons. The molecule has 94 valence electrons. The molecule has 1 heterocycles. The predicted molar refractivity (Wildman–Crippen MR) is 50.9 cm³/mol. The molecule has 6 nitrogen and oxygen atoms in total. The van der Waals surface area contributed by atoms with E-state index >= 15 is 0 Å². The van der Waals surface area contributed by atoms with E-state index in [-0.39, 0.29) is 0 Å². The summed E-state index contributed by atoms with van der Waals surface area (Å²) >= 11 is 0. The molecule has 0 bridgehead atoms. The molecular weight excluding hydrogens is 221 g/mol. The Morgan fingerprint density at radius 2 is 2.25 bits per heavy atom. The van der Waals surface area contributed by atoms with E-state index in [9.17, 15) is 9.18 Å². The molecule has 0 aromatic rings. The summed E-state index contributed by atoms with van der Waals surface area (Å²) in [5, 5.41) is 29.0. The minimum atomic E-state index is -2.97. The molecule has 4 N–H and O–H groups in total. The number of hydrogen-bond acceptors (Lipinski definition) is 5. The fourth-order valence-corrected chi connectivity index (χ4v) is 1.40. The zero-order valence-electron chi connectivity index (χ0n) is 8.73. The number of carbonyl (C=O) groups excluding carboxylic acids is 1. The van der Waals surface area contributed by atoms with E-state index in [2.05, 4.69) is 0 Å². The second-order valence-electron chi connectivity index (χ2n) is 3.74. The number of carbonyl (C=O) groups is 1. The van der Waals surface area contributed by atoms with Gasteiger partial charge in [0.05, 0.1) is 0 Å². The summed E-state index contributed by atoms with van der Waals surface area (Å²) in [5.41, 5.74) is 0. The third kappa shape index (κ3) is 3.38. The van der Waals surface area contributed by atoms with Crippen LogP contribution >= 0.6 is 0 Å². The van der Waals surface area contributed by atoms with Gasteiger partial charge in [-0.1, -0.05) is 0 Å². The molecule has 1 rings (SSSR count). The molecule has 2 unspecified atom stereocenters. The quantitative estimate of drug-likeness (QED) is 0.453. The molecular formula is C9H16FNO5. The highest BCUT2D eigenvalue weighted by Gasteiger charge is 2.37. The zero-order valence-corrected chi connectivity index (χ0v) is 8.73. The first-order chi connectivity index (χ1) is 7.47. The Morgan fingerprint density at radius 3 is 2.75 bits per heavy atom. The van der Waals surface area contributed by atoms with E-state index in [1.807, 2.05) is 0 Å². The lowest BCUT2D eigenvalue weighted by molar-refractivity contribution is -0.247. The summed E-state index contributed by atoms with van der Waals surface area (Å²) in [6.07, 6.45) is -0.749. The first kappa shape index (κ1) is 13.3. The third-order valence-electron chi connectivity index (χ3n) is 2.39. The van der Waals surface area contributed by atoms with Crippen molar-refractivity contribution in [3.05, 3.63) is 0 Å². The lowest BCUT2D eigenvalue weighted by Gasteiger charge is -2.29. The van der Waals surface area contributed by atoms with Gasteiger partial charge in [-0.25, -0.2) is 4.39 Å². The van der Waals surface area contributed by atoms with Crippen LogP contribution < -0.4 is 5.32 Å². The maximum atomic E-state index is 12.0. The summed E-state index contributed by atoms with van der Waals surface area (Å²) in [4.78, 5) is 11.4. The zero-order chi connectivity index (χ0) is 12.2. The number of amides is 1. The minimum absolute atomic E-state index is 0.424. The van der Waals surface area contributed by atoms with Crippen molar-refractivity contribution in [2.75, 3.05) is 13.3 Å². The molecule has 1 aliphatic heterocycles. The van der Waals surface area contributed by atoms with Gasteiger partial charge in [0.2, 0.25) is 0 Å². The maximum absolute atomic E-state index is 12.0. The van der Waals surface area contributed by atoms with E-state index < -0.39 is 30.7 Å². The Kier molecular flexibility index (Phi) is 4.60. The lowest BCUT2D eigenvalue weighted by Crippen LogP contribution is -2.60. The largest absolute Gasteiger partial charge is 0.383 e. The number of halogens is 1. The van der Waals surface area contributed by atoms with Crippen molar-refractivity contribution in [2.24, 2.45) is 0 Å². The van der Waals surface area contributed by atoms with Crippen molar-refractivity contribution in [2.45, 2.75) is 37.4 Å². The Labute approximate surface area is 92.0 Å². The number of ether oxygens (including phenoxy) is 1. The van der Waals surface area contributed by atoms with Gasteiger partial charge < -0.3 is 25.4 Å². The summed E-state index contributed by atoms with van der Waals surface area (Å²) in [7, 11) is 0. The minimum Gasteiger partial charge on any atom is -0.383 e. The number of hydrogen-bond donors (Lipinski definition) is 4. The van der Waals surface area contributed by atoms with Gasteiger partial charge in [0, 0.05) is 6.61 Å². The molecule has 2 atom stereocenters. The number of aliphatic hydroxyl groups excluding tert-OH is 1. The molecule has 0 aliphatic carbocycles. The van der Waals surface area contributed by atoms with Crippen molar-refractivity contribution in [1.82, 2.24) is 5.32 Å². The van der Waals surface area contributed by atoms with Crippen LogP contribution in [-0.4, -0.2) is 52.6 Å². The van der Waals surface area contributed by atoms with Crippen LogP contribution in [0.2, 0.25) is 0 Å². The molecule has 1 saturated heterocycles. The molecule has 1 fully saturated rings. The number of nitrogens with one attached hydrogen (secondary N) is 1. The highest BCUT2D eigenvalue weighted by Crippen LogP contribution is 2.14. The van der Waals surface area contributed by atoms with Crippen LogP contribution in [0.3, 0.4) is 0 Å². The maximum Gasteiger partial charge on any atom is 0.276 e. The first-order valence-corrected chi connectivity index (χ1v) is 5.10. The number of alkyl halides is 1. The molecule has 0 saturated carbocycles. The standard InChI is InChI=1S/C9H16FNO5/c10-5-7(12)9(14,15)11-8(13)6-3-1-2-4-16-6/h6-7,12,14-15H,1-5H2,(H,11,13). The van der Waals surface area contributed by atoms with Crippen LogP contribution in [0.4, 0.5) is 4.39 Å². The van der Waals surface area contributed by atoms with E-state index in [1.54, 1.807) is 5.32 Å². The van der Waals surface area contributed by atoms with Crippen LogP contribution in [0, 0.1) is 0 Å². The van der Waals surface area contributed by atoms with Crippen molar-refractivity contribution >= 4 is 5.91 Å². The molecule has 7 heteroatoms. The fraction of sp³-hybridized carbons (Fsp3) is 0.889. The SMILES string of the molecule is O=C(NC(O)(O)C(O)CF)C1CCCCO1. The lowest BCUT2D eigenvalue weighted by atomic mass is 10.1. The van der Waals surface area contributed by atoms with Crippen LogP contribution in [0.25, 0.3) is 0 Å². The molecule has 0 spiro atoms. The molecule has 16 heavy (non-hydrogen) atoms. The van der Waals surface area contributed by atoms with Crippen LogP contribution in [0.5, 0.6) is 0 Å². The molecule has 0 aromatic carbocycles. The Morgan fingerprint density at radius 1 is 1.56 bits per heavy atom. The second-order valence-corrected chi connectivity index (χ2v) is 3.74. The third-order valence-corrected chi connectivity index (χ3v) is 2.39. The van der Waals surface area contributed by atoms with Gasteiger partial charge in [0.1, 0.15) is 12.8 Å². The van der Waals surface area contributed by atoms with Crippen LogP contribution in [0.15, 0.2) is 0 Å². The van der Waals surface area contributed by atoms with Crippen molar-refractivity contribution in [1.29, 1.82) is 0 Å². The van der Waals surface area contributed by atoms with Gasteiger partial charge in [0.25, 0.3) is 11.8 Å². The monoisotopic (exact) mass is 237 g/mol. The highest BCUT2D eigenvalue weighted by molar-refractivity contribution is 5.81. The average Bonchev–Trinajstić information content (AvgIpc) is 2.28. The second kappa shape index (κ2) is 5.53.